The minimum Gasteiger partial charge on any atom is -0.507 e. The van der Waals surface area contributed by atoms with Gasteiger partial charge in [0.25, 0.3) is 0 Å². The molecule has 1 aliphatic rings. The summed E-state index contributed by atoms with van der Waals surface area (Å²) < 4.78 is 13.2. The molecule has 0 saturated carbocycles. The third kappa shape index (κ3) is 1.97. The molecule has 3 rings (SSSR count). The van der Waals surface area contributed by atoms with Gasteiger partial charge in [0.05, 0.1) is 11.8 Å². The molecule has 0 amide bonds. The lowest BCUT2D eigenvalue weighted by Gasteiger charge is -2.07. The Balaban J connectivity index is 1.85. The minimum atomic E-state index is -0.370. The molecule has 0 saturated heterocycles. The number of phenols is 1. The molecule has 3 nitrogen and oxygen atoms in total. The molecule has 0 bridgehead atoms. The fourth-order valence-electron chi connectivity index (χ4n) is 2.00. The molecule has 1 aromatic carbocycles. The molecule has 0 fully saturated rings. The highest BCUT2D eigenvalue weighted by atomic mass is 32.1. The molecule has 2 aromatic rings. The Labute approximate surface area is 108 Å². The van der Waals surface area contributed by atoms with Crippen molar-refractivity contribution in [2.75, 3.05) is 0 Å². The molecule has 0 unspecified atom stereocenters. The Morgan fingerprint density at radius 2 is 2.28 bits per heavy atom. The van der Waals surface area contributed by atoms with Gasteiger partial charge in [0.2, 0.25) is 0 Å². The fraction of sp³-hybridized carbons (Fsp3) is 0.154. The third-order valence-electron chi connectivity index (χ3n) is 2.91. The average molecular weight is 262 g/mol. The lowest BCUT2D eigenvalue weighted by molar-refractivity contribution is 0.471. The van der Waals surface area contributed by atoms with E-state index in [1.54, 1.807) is 11.3 Å². The van der Waals surface area contributed by atoms with Gasteiger partial charge >= 0.3 is 0 Å². The van der Waals surface area contributed by atoms with E-state index in [-0.39, 0.29) is 17.6 Å². The summed E-state index contributed by atoms with van der Waals surface area (Å²) in [6.45, 7) is 0. The zero-order chi connectivity index (χ0) is 12.5. The number of hydrazone groups is 1. The molecular weight excluding hydrogens is 251 g/mol. The van der Waals surface area contributed by atoms with E-state index < -0.39 is 0 Å². The van der Waals surface area contributed by atoms with E-state index in [0.717, 1.165) is 0 Å². The van der Waals surface area contributed by atoms with E-state index >= 15 is 0 Å². The van der Waals surface area contributed by atoms with Crippen molar-refractivity contribution < 1.29 is 9.50 Å². The van der Waals surface area contributed by atoms with Crippen LogP contribution in [0.4, 0.5) is 4.39 Å². The SMILES string of the molecule is Oc1ccc(F)cc1C1=NN[C@@H](c2cccs2)C1. The number of thiophene rings is 1. The summed E-state index contributed by atoms with van der Waals surface area (Å²) in [5, 5.41) is 15.9. The predicted octanol–water partition coefficient (Wildman–Crippen LogP) is 3.03. The van der Waals surface area contributed by atoms with Crippen molar-refractivity contribution in [1.82, 2.24) is 5.43 Å². The van der Waals surface area contributed by atoms with Crippen LogP contribution in [0, 0.1) is 5.82 Å². The number of nitrogens with one attached hydrogen (secondary N) is 1. The smallest absolute Gasteiger partial charge is 0.124 e. The van der Waals surface area contributed by atoms with Crippen LogP contribution in [0.5, 0.6) is 5.75 Å². The van der Waals surface area contributed by atoms with Gasteiger partial charge < -0.3 is 10.5 Å². The van der Waals surface area contributed by atoms with Gasteiger partial charge in [-0.2, -0.15) is 5.10 Å². The number of halogens is 1. The van der Waals surface area contributed by atoms with Crippen LogP contribution in [-0.2, 0) is 0 Å². The third-order valence-corrected chi connectivity index (χ3v) is 3.89. The summed E-state index contributed by atoms with van der Waals surface area (Å²) in [6.07, 6.45) is 0.650. The van der Waals surface area contributed by atoms with Gasteiger partial charge in [-0.15, -0.1) is 11.3 Å². The first-order valence-electron chi connectivity index (χ1n) is 5.58. The first-order valence-corrected chi connectivity index (χ1v) is 6.46. The van der Waals surface area contributed by atoms with E-state index in [9.17, 15) is 9.50 Å². The van der Waals surface area contributed by atoms with E-state index in [1.165, 1.54) is 23.1 Å². The van der Waals surface area contributed by atoms with Crippen molar-refractivity contribution in [2.45, 2.75) is 12.5 Å². The van der Waals surface area contributed by atoms with Crippen LogP contribution in [0.25, 0.3) is 0 Å². The zero-order valence-corrected chi connectivity index (χ0v) is 10.2. The minimum absolute atomic E-state index is 0.0591. The first-order chi connectivity index (χ1) is 8.74. The number of rotatable bonds is 2. The molecule has 1 aromatic heterocycles. The van der Waals surface area contributed by atoms with Crippen LogP contribution in [0.1, 0.15) is 22.9 Å². The van der Waals surface area contributed by atoms with Crippen LogP contribution < -0.4 is 5.43 Å². The van der Waals surface area contributed by atoms with Crippen molar-refractivity contribution >= 4 is 17.0 Å². The van der Waals surface area contributed by atoms with Crippen molar-refractivity contribution in [2.24, 2.45) is 5.10 Å². The Bertz CT molecular complexity index is 595. The van der Waals surface area contributed by atoms with Crippen LogP contribution in [0.2, 0.25) is 0 Å². The molecular formula is C13H11FN2OS. The fourth-order valence-corrected chi connectivity index (χ4v) is 2.78. The Morgan fingerprint density at radius 1 is 1.39 bits per heavy atom. The van der Waals surface area contributed by atoms with E-state index in [0.29, 0.717) is 17.7 Å². The second-order valence-electron chi connectivity index (χ2n) is 4.12. The summed E-state index contributed by atoms with van der Waals surface area (Å²) in [6, 6.07) is 8.03. The normalized spacial score (nSPS) is 18.5. The lowest BCUT2D eigenvalue weighted by atomic mass is 10.0. The van der Waals surface area contributed by atoms with Gasteiger partial charge in [-0.1, -0.05) is 6.07 Å². The second kappa shape index (κ2) is 4.42. The van der Waals surface area contributed by atoms with E-state index in [2.05, 4.69) is 10.5 Å². The topological polar surface area (TPSA) is 44.6 Å². The summed E-state index contributed by atoms with van der Waals surface area (Å²) in [5.41, 5.74) is 4.16. The summed E-state index contributed by atoms with van der Waals surface area (Å²) in [7, 11) is 0. The molecule has 0 aliphatic carbocycles. The molecule has 2 heterocycles. The zero-order valence-electron chi connectivity index (χ0n) is 9.43. The largest absolute Gasteiger partial charge is 0.507 e. The molecule has 1 aliphatic heterocycles. The van der Waals surface area contributed by atoms with Crippen molar-refractivity contribution in [1.29, 1.82) is 0 Å². The van der Waals surface area contributed by atoms with Crippen LogP contribution in [0.15, 0.2) is 40.8 Å². The highest BCUT2D eigenvalue weighted by molar-refractivity contribution is 7.10. The number of benzene rings is 1. The monoisotopic (exact) mass is 262 g/mol. The quantitative estimate of drug-likeness (QED) is 0.873. The Morgan fingerprint density at radius 3 is 3.06 bits per heavy atom. The maximum absolute atomic E-state index is 13.2. The maximum atomic E-state index is 13.2. The molecule has 2 N–H and O–H groups in total. The summed E-state index contributed by atoms with van der Waals surface area (Å²) in [4.78, 5) is 1.18. The molecule has 18 heavy (non-hydrogen) atoms. The number of phenolic OH excluding ortho intramolecular Hbond substituents is 1. The molecule has 5 heteroatoms. The second-order valence-corrected chi connectivity index (χ2v) is 5.10. The number of hydrogen-bond donors (Lipinski definition) is 2. The standard InChI is InChI=1S/C13H11FN2OS/c14-8-3-4-12(17)9(6-8)10-7-11(16-15-10)13-2-1-5-18-13/h1-6,11,16-17H,7H2/t11-/m1/s1. The Hall–Kier alpha value is -1.88. The lowest BCUT2D eigenvalue weighted by Crippen LogP contribution is -2.07. The predicted molar refractivity (Wildman–Crippen MR) is 69.4 cm³/mol. The van der Waals surface area contributed by atoms with Crippen molar-refractivity contribution in [3.8, 4) is 5.75 Å². The van der Waals surface area contributed by atoms with E-state index in [4.69, 9.17) is 0 Å². The number of hydrogen-bond acceptors (Lipinski definition) is 4. The summed E-state index contributed by atoms with van der Waals surface area (Å²) in [5.74, 6) is -0.311. The summed E-state index contributed by atoms with van der Waals surface area (Å²) >= 11 is 1.65. The van der Waals surface area contributed by atoms with Crippen LogP contribution in [-0.4, -0.2) is 10.8 Å². The van der Waals surface area contributed by atoms with Crippen molar-refractivity contribution in [3.05, 3.63) is 52.0 Å². The van der Waals surface area contributed by atoms with Gasteiger partial charge in [-0.3, -0.25) is 0 Å². The maximum Gasteiger partial charge on any atom is 0.124 e. The van der Waals surface area contributed by atoms with Gasteiger partial charge in [0.1, 0.15) is 11.6 Å². The number of nitrogens with zero attached hydrogens (tertiary/aromatic N) is 1. The van der Waals surface area contributed by atoms with Crippen LogP contribution in [0.3, 0.4) is 0 Å². The Kier molecular flexibility index (Phi) is 2.76. The van der Waals surface area contributed by atoms with Gasteiger partial charge in [-0.25, -0.2) is 4.39 Å². The molecule has 0 spiro atoms. The van der Waals surface area contributed by atoms with Crippen LogP contribution >= 0.6 is 11.3 Å². The highest BCUT2D eigenvalue weighted by Gasteiger charge is 2.23. The van der Waals surface area contributed by atoms with Crippen molar-refractivity contribution in [3.63, 3.8) is 0 Å². The van der Waals surface area contributed by atoms with Gasteiger partial charge in [-0.05, 0) is 29.6 Å². The van der Waals surface area contributed by atoms with Gasteiger partial charge in [0.15, 0.2) is 0 Å². The van der Waals surface area contributed by atoms with Gasteiger partial charge in [0, 0.05) is 16.9 Å². The number of aromatic hydroxyl groups is 1. The molecule has 1 atom stereocenters. The molecule has 0 radical (unpaired) electrons. The highest BCUT2D eigenvalue weighted by Crippen LogP contribution is 2.30. The van der Waals surface area contributed by atoms with E-state index in [1.807, 2.05) is 17.5 Å². The average Bonchev–Trinajstić information content (AvgIpc) is 3.00. The first kappa shape index (κ1) is 11.2. The molecule has 92 valence electrons.